The van der Waals surface area contributed by atoms with Crippen molar-refractivity contribution >= 4 is 23.1 Å². The van der Waals surface area contributed by atoms with Crippen LogP contribution in [-0.2, 0) is 12.2 Å². The lowest BCUT2D eigenvalue weighted by molar-refractivity contribution is 0.330. The lowest BCUT2D eigenvalue weighted by Crippen LogP contribution is -2.16. The fourth-order valence-corrected chi connectivity index (χ4v) is 5.30. The number of thiophene rings is 1. The molecule has 4 aromatic heterocycles. The molecule has 0 radical (unpaired) electrons. The maximum Gasteiger partial charge on any atom is 0.283 e. The number of furan rings is 1. The van der Waals surface area contributed by atoms with E-state index in [0.29, 0.717) is 29.3 Å². The monoisotopic (exact) mass is 427 g/mol. The topological polar surface area (TPSA) is 82.8 Å². The third kappa shape index (κ3) is 4.16. The number of rotatable bonds is 7. The Balaban J connectivity index is 1.35. The van der Waals surface area contributed by atoms with E-state index in [1.165, 1.54) is 37.0 Å². The highest BCUT2D eigenvalue weighted by atomic mass is 32.2. The van der Waals surface area contributed by atoms with Gasteiger partial charge >= 0.3 is 0 Å². The minimum Gasteiger partial charge on any atom is -0.459 e. The molecule has 0 saturated heterocycles. The quantitative estimate of drug-likeness (QED) is 0.367. The van der Waals surface area contributed by atoms with Crippen LogP contribution < -0.4 is 0 Å². The lowest BCUT2D eigenvalue weighted by atomic mass is 9.95. The molecule has 0 N–H and O–H groups in total. The van der Waals surface area contributed by atoms with Gasteiger partial charge in [0.05, 0.1) is 12.0 Å². The molecule has 0 aromatic carbocycles. The van der Waals surface area contributed by atoms with Crippen molar-refractivity contribution in [3.05, 3.63) is 52.5 Å². The summed E-state index contributed by atoms with van der Waals surface area (Å²) in [4.78, 5) is 1.31. The molecule has 0 amide bonds. The van der Waals surface area contributed by atoms with Crippen LogP contribution in [0.3, 0.4) is 0 Å². The molecule has 4 heterocycles. The lowest BCUT2D eigenvalue weighted by Gasteiger charge is -2.25. The van der Waals surface area contributed by atoms with Gasteiger partial charge < -0.3 is 13.4 Å². The van der Waals surface area contributed by atoms with Crippen LogP contribution in [0, 0.1) is 0 Å². The van der Waals surface area contributed by atoms with Gasteiger partial charge in [0, 0.05) is 17.3 Å². The molecule has 0 spiro atoms. The van der Waals surface area contributed by atoms with E-state index in [1.54, 1.807) is 41.5 Å². The molecule has 9 heteroatoms. The average Bonchev–Trinajstić information content (AvgIpc) is 3.54. The minimum absolute atomic E-state index is 0.401. The highest BCUT2D eigenvalue weighted by molar-refractivity contribution is 7.98. The molecule has 29 heavy (non-hydrogen) atoms. The van der Waals surface area contributed by atoms with Gasteiger partial charge in [-0.15, -0.1) is 31.7 Å². The van der Waals surface area contributed by atoms with Crippen molar-refractivity contribution in [3.8, 4) is 11.7 Å². The average molecular weight is 428 g/mol. The summed E-state index contributed by atoms with van der Waals surface area (Å²) in [6, 6.07) is 8.32. The molecule has 4 aromatic rings. The summed E-state index contributed by atoms with van der Waals surface area (Å²) in [6.07, 6.45) is 8.64. The van der Waals surface area contributed by atoms with Gasteiger partial charge in [0.2, 0.25) is 5.89 Å². The summed E-state index contributed by atoms with van der Waals surface area (Å²) in [5, 5.41) is 20.3. The maximum absolute atomic E-state index is 5.73. The van der Waals surface area contributed by atoms with Crippen molar-refractivity contribution < 1.29 is 8.83 Å². The highest BCUT2D eigenvalue weighted by Gasteiger charge is 2.24. The fraction of sp³-hybridized carbons (Fsp3) is 0.400. The van der Waals surface area contributed by atoms with Gasteiger partial charge in [0.1, 0.15) is 5.82 Å². The van der Waals surface area contributed by atoms with Crippen LogP contribution in [-0.4, -0.2) is 25.0 Å². The summed E-state index contributed by atoms with van der Waals surface area (Å²) in [5.74, 6) is 3.13. The van der Waals surface area contributed by atoms with E-state index < -0.39 is 0 Å². The van der Waals surface area contributed by atoms with Crippen molar-refractivity contribution in [1.29, 1.82) is 0 Å². The van der Waals surface area contributed by atoms with E-state index in [-0.39, 0.29) is 0 Å². The molecule has 0 aliphatic heterocycles. The standard InChI is InChI=1S/C20H21N5O2S2/c1-2-6-14(7-3-1)25-17(12-15-8-5-11-28-15)21-24-20(25)29-13-18-22-23-19(27-18)16-9-4-10-26-16/h4-5,8-11,14H,1-3,6-7,12-13H2. The van der Waals surface area contributed by atoms with Gasteiger partial charge in [-0.2, -0.15) is 0 Å². The molecule has 0 bridgehead atoms. The van der Waals surface area contributed by atoms with Crippen molar-refractivity contribution in [2.75, 3.05) is 0 Å². The van der Waals surface area contributed by atoms with E-state index in [0.717, 1.165) is 17.4 Å². The molecule has 0 unspecified atom stereocenters. The second kappa shape index (κ2) is 8.54. The van der Waals surface area contributed by atoms with Crippen LogP contribution in [0.4, 0.5) is 0 Å². The molecule has 5 rings (SSSR count). The van der Waals surface area contributed by atoms with E-state index in [2.05, 4.69) is 42.5 Å². The van der Waals surface area contributed by atoms with Crippen molar-refractivity contribution in [2.45, 2.75) is 55.5 Å². The van der Waals surface area contributed by atoms with Crippen molar-refractivity contribution in [2.24, 2.45) is 0 Å². The smallest absolute Gasteiger partial charge is 0.283 e. The second-order valence-electron chi connectivity index (χ2n) is 7.08. The molecule has 150 valence electrons. The van der Waals surface area contributed by atoms with Crippen LogP contribution in [0.5, 0.6) is 0 Å². The van der Waals surface area contributed by atoms with Crippen LogP contribution in [0.15, 0.2) is 49.9 Å². The molecular weight excluding hydrogens is 406 g/mol. The normalized spacial score (nSPS) is 15.2. The Hall–Kier alpha value is -2.39. The Morgan fingerprint density at radius 2 is 2.00 bits per heavy atom. The Kier molecular flexibility index (Phi) is 5.49. The predicted molar refractivity (Wildman–Crippen MR) is 111 cm³/mol. The first-order valence-electron chi connectivity index (χ1n) is 9.82. The zero-order chi connectivity index (χ0) is 19.5. The number of aromatic nitrogens is 5. The van der Waals surface area contributed by atoms with Crippen LogP contribution in [0.25, 0.3) is 11.7 Å². The van der Waals surface area contributed by atoms with Crippen LogP contribution in [0.2, 0.25) is 0 Å². The number of nitrogens with zero attached hydrogens (tertiary/aromatic N) is 5. The number of thioether (sulfide) groups is 1. The summed E-state index contributed by atoms with van der Waals surface area (Å²) in [5.41, 5.74) is 0. The fourth-order valence-electron chi connectivity index (χ4n) is 3.74. The third-order valence-corrected chi connectivity index (χ3v) is 6.92. The molecular formula is C20H21N5O2S2. The Morgan fingerprint density at radius 1 is 1.07 bits per heavy atom. The van der Waals surface area contributed by atoms with E-state index in [4.69, 9.17) is 8.83 Å². The zero-order valence-corrected chi connectivity index (χ0v) is 17.5. The van der Waals surface area contributed by atoms with E-state index in [1.807, 2.05) is 0 Å². The van der Waals surface area contributed by atoms with Crippen molar-refractivity contribution in [1.82, 2.24) is 25.0 Å². The number of hydrogen-bond acceptors (Lipinski definition) is 8. The first kappa shape index (κ1) is 18.6. The van der Waals surface area contributed by atoms with Gasteiger partial charge in [0.15, 0.2) is 10.9 Å². The summed E-state index contributed by atoms with van der Waals surface area (Å²) in [7, 11) is 0. The molecule has 1 fully saturated rings. The van der Waals surface area contributed by atoms with Gasteiger partial charge in [0.25, 0.3) is 5.89 Å². The number of hydrogen-bond donors (Lipinski definition) is 0. The predicted octanol–water partition coefficient (Wildman–Crippen LogP) is 5.37. The SMILES string of the molecule is c1coc(-c2nnc(CSc3nnc(Cc4cccs4)n3C3CCCCC3)o2)c1. The van der Waals surface area contributed by atoms with Gasteiger partial charge in [-0.05, 0) is 36.4 Å². The molecule has 7 nitrogen and oxygen atoms in total. The molecule has 0 atom stereocenters. The van der Waals surface area contributed by atoms with Crippen molar-refractivity contribution in [3.63, 3.8) is 0 Å². The zero-order valence-electron chi connectivity index (χ0n) is 15.9. The van der Waals surface area contributed by atoms with E-state index in [9.17, 15) is 0 Å². The first-order chi connectivity index (χ1) is 14.4. The summed E-state index contributed by atoms with van der Waals surface area (Å²) >= 11 is 3.37. The van der Waals surface area contributed by atoms with Crippen LogP contribution >= 0.6 is 23.1 Å². The largest absolute Gasteiger partial charge is 0.459 e. The Morgan fingerprint density at radius 3 is 2.79 bits per heavy atom. The molecule has 1 saturated carbocycles. The summed E-state index contributed by atoms with van der Waals surface area (Å²) in [6.45, 7) is 0. The summed E-state index contributed by atoms with van der Waals surface area (Å²) < 4.78 is 13.4. The third-order valence-electron chi connectivity index (χ3n) is 5.11. The second-order valence-corrected chi connectivity index (χ2v) is 9.06. The van der Waals surface area contributed by atoms with Gasteiger partial charge in [-0.1, -0.05) is 37.1 Å². The van der Waals surface area contributed by atoms with Gasteiger partial charge in [-0.3, -0.25) is 0 Å². The Labute approximate surface area is 176 Å². The minimum atomic E-state index is 0.401. The first-order valence-corrected chi connectivity index (χ1v) is 11.7. The van der Waals surface area contributed by atoms with Crippen LogP contribution in [0.1, 0.15) is 54.7 Å². The highest BCUT2D eigenvalue weighted by Crippen LogP contribution is 2.34. The molecule has 1 aliphatic carbocycles. The Bertz CT molecular complexity index is 1030. The maximum atomic E-state index is 5.73. The van der Waals surface area contributed by atoms with E-state index >= 15 is 0 Å². The van der Waals surface area contributed by atoms with Gasteiger partial charge in [-0.25, -0.2) is 0 Å². The molecule has 1 aliphatic rings.